The summed E-state index contributed by atoms with van der Waals surface area (Å²) >= 11 is 3.56. The molecule has 19 heavy (non-hydrogen) atoms. The molecule has 0 bridgehead atoms. The summed E-state index contributed by atoms with van der Waals surface area (Å²) in [6.45, 7) is 0.850. The van der Waals surface area contributed by atoms with Crippen LogP contribution >= 0.6 is 15.9 Å². The van der Waals surface area contributed by atoms with Gasteiger partial charge in [-0.05, 0) is 30.2 Å². The number of anilines is 1. The van der Waals surface area contributed by atoms with Crippen molar-refractivity contribution >= 4 is 32.9 Å². The summed E-state index contributed by atoms with van der Waals surface area (Å²) in [6, 6.07) is 16.3. The number of fused-ring (bicyclic) bond motifs is 1. The van der Waals surface area contributed by atoms with E-state index in [-0.39, 0.29) is 0 Å². The van der Waals surface area contributed by atoms with Crippen molar-refractivity contribution in [3.05, 3.63) is 58.6 Å². The van der Waals surface area contributed by atoms with Crippen LogP contribution in [0.1, 0.15) is 5.56 Å². The Labute approximate surface area is 120 Å². The van der Waals surface area contributed by atoms with Crippen LogP contribution in [-0.4, -0.2) is 16.5 Å². The van der Waals surface area contributed by atoms with Crippen molar-refractivity contribution in [2.45, 2.75) is 6.42 Å². The van der Waals surface area contributed by atoms with Gasteiger partial charge in [0.1, 0.15) is 0 Å². The van der Waals surface area contributed by atoms with Gasteiger partial charge in [-0.3, -0.25) is 0 Å². The van der Waals surface area contributed by atoms with E-state index in [2.05, 4.69) is 49.4 Å². The molecule has 0 aliphatic carbocycles. The Morgan fingerprint density at radius 2 is 1.84 bits per heavy atom. The summed E-state index contributed by atoms with van der Waals surface area (Å²) in [5.41, 5.74) is 3.35. The van der Waals surface area contributed by atoms with Crippen molar-refractivity contribution in [3.63, 3.8) is 0 Å². The molecule has 96 valence electrons. The van der Waals surface area contributed by atoms with E-state index in [1.165, 1.54) is 5.56 Å². The largest absolute Gasteiger partial charge is 0.355 e. The number of nitrogens with zero attached hydrogens (tertiary/aromatic N) is 1. The van der Waals surface area contributed by atoms with E-state index in [0.29, 0.717) is 0 Å². The predicted octanol–water partition coefficient (Wildman–Crippen LogP) is 3.98. The summed E-state index contributed by atoms with van der Waals surface area (Å²) in [4.78, 5) is 7.75. The van der Waals surface area contributed by atoms with E-state index in [9.17, 15) is 0 Å². The van der Waals surface area contributed by atoms with E-state index in [1.54, 1.807) is 0 Å². The molecule has 2 aromatic carbocycles. The van der Waals surface area contributed by atoms with Crippen LogP contribution < -0.4 is 5.32 Å². The van der Waals surface area contributed by atoms with Crippen molar-refractivity contribution < 1.29 is 0 Å². The number of imidazole rings is 1. The molecule has 4 heteroatoms. The third kappa shape index (κ3) is 2.79. The third-order valence-electron chi connectivity index (χ3n) is 3.03. The molecule has 3 aromatic rings. The standard InChI is InChI=1S/C15H14BrN3/c16-12-6-2-1-5-11(12)9-10-17-15-18-13-7-3-4-8-14(13)19-15/h1-8H,9-10H2,(H2,17,18,19). The maximum Gasteiger partial charge on any atom is 0.201 e. The molecule has 0 amide bonds. The average molecular weight is 316 g/mol. The maximum absolute atomic E-state index is 4.49. The number of rotatable bonds is 4. The summed E-state index contributed by atoms with van der Waals surface area (Å²) < 4.78 is 1.15. The maximum atomic E-state index is 4.49. The molecule has 0 fully saturated rings. The number of H-pyrrole nitrogens is 1. The molecule has 0 radical (unpaired) electrons. The Morgan fingerprint density at radius 1 is 1.05 bits per heavy atom. The first-order valence-corrected chi connectivity index (χ1v) is 7.04. The van der Waals surface area contributed by atoms with Crippen LogP contribution in [0.2, 0.25) is 0 Å². The fourth-order valence-corrected chi connectivity index (χ4v) is 2.54. The SMILES string of the molecule is Brc1ccccc1CCNc1nc2ccccc2[nH]1. The third-order valence-corrected chi connectivity index (χ3v) is 3.81. The normalized spacial score (nSPS) is 10.8. The lowest BCUT2D eigenvalue weighted by Crippen LogP contribution is -2.06. The van der Waals surface area contributed by atoms with E-state index in [4.69, 9.17) is 0 Å². The molecule has 3 nitrogen and oxygen atoms in total. The van der Waals surface area contributed by atoms with Crippen LogP contribution in [0.15, 0.2) is 53.0 Å². The lowest BCUT2D eigenvalue weighted by Gasteiger charge is -2.05. The highest BCUT2D eigenvalue weighted by Gasteiger charge is 2.02. The molecule has 3 rings (SSSR count). The number of aromatic nitrogens is 2. The minimum Gasteiger partial charge on any atom is -0.355 e. The minimum atomic E-state index is 0.827. The zero-order chi connectivity index (χ0) is 13.1. The zero-order valence-corrected chi connectivity index (χ0v) is 11.9. The lowest BCUT2D eigenvalue weighted by atomic mass is 10.1. The highest BCUT2D eigenvalue weighted by atomic mass is 79.9. The highest BCUT2D eigenvalue weighted by molar-refractivity contribution is 9.10. The van der Waals surface area contributed by atoms with Crippen molar-refractivity contribution in [3.8, 4) is 0 Å². The van der Waals surface area contributed by atoms with Gasteiger partial charge in [0.05, 0.1) is 11.0 Å². The van der Waals surface area contributed by atoms with Gasteiger partial charge in [-0.15, -0.1) is 0 Å². The Bertz CT molecular complexity index is 657. The molecule has 0 saturated carbocycles. The van der Waals surface area contributed by atoms with Crippen LogP contribution in [0, 0.1) is 0 Å². The molecule has 0 unspecified atom stereocenters. The van der Waals surface area contributed by atoms with Gasteiger partial charge in [-0.25, -0.2) is 4.98 Å². The number of halogens is 1. The van der Waals surface area contributed by atoms with Gasteiger partial charge < -0.3 is 10.3 Å². The zero-order valence-electron chi connectivity index (χ0n) is 10.4. The van der Waals surface area contributed by atoms with Gasteiger partial charge in [0.15, 0.2) is 0 Å². The molecule has 0 aliphatic heterocycles. The molecular weight excluding hydrogens is 302 g/mol. The second-order valence-corrected chi connectivity index (χ2v) is 5.23. The summed E-state index contributed by atoms with van der Waals surface area (Å²) in [5, 5.41) is 3.32. The Balaban J connectivity index is 1.65. The highest BCUT2D eigenvalue weighted by Crippen LogP contribution is 2.17. The summed E-state index contributed by atoms with van der Waals surface area (Å²) in [7, 11) is 0. The van der Waals surface area contributed by atoms with Crippen LogP contribution in [-0.2, 0) is 6.42 Å². The Kier molecular flexibility index (Phi) is 3.51. The van der Waals surface area contributed by atoms with Crippen molar-refractivity contribution in [2.24, 2.45) is 0 Å². The number of benzene rings is 2. The van der Waals surface area contributed by atoms with E-state index >= 15 is 0 Å². The van der Waals surface area contributed by atoms with Gasteiger partial charge in [0, 0.05) is 11.0 Å². The predicted molar refractivity (Wildman–Crippen MR) is 82.4 cm³/mol. The van der Waals surface area contributed by atoms with Gasteiger partial charge in [0.2, 0.25) is 5.95 Å². The quantitative estimate of drug-likeness (QED) is 0.764. The Morgan fingerprint density at radius 3 is 2.68 bits per heavy atom. The smallest absolute Gasteiger partial charge is 0.201 e. The summed E-state index contributed by atoms with van der Waals surface area (Å²) in [6.07, 6.45) is 0.957. The van der Waals surface area contributed by atoms with Gasteiger partial charge >= 0.3 is 0 Å². The van der Waals surface area contributed by atoms with Gasteiger partial charge in [-0.1, -0.05) is 46.3 Å². The second-order valence-electron chi connectivity index (χ2n) is 4.37. The van der Waals surface area contributed by atoms with Crippen LogP contribution in [0.3, 0.4) is 0 Å². The number of para-hydroxylation sites is 2. The number of aromatic amines is 1. The Hall–Kier alpha value is -1.81. The number of hydrogen-bond donors (Lipinski definition) is 2. The molecule has 1 aromatic heterocycles. The fourth-order valence-electron chi connectivity index (χ4n) is 2.05. The van der Waals surface area contributed by atoms with Crippen molar-refractivity contribution in [1.82, 2.24) is 9.97 Å². The molecule has 0 aliphatic rings. The average Bonchev–Trinajstić information content (AvgIpc) is 2.83. The van der Waals surface area contributed by atoms with E-state index in [1.807, 2.05) is 30.3 Å². The first-order valence-electron chi connectivity index (χ1n) is 6.25. The summed E-state index contributed by atoms with van der Waals surface area (Å²) in [5.74, 6) is 0.827. The minimum absolute atomic E-state index is 0.827. The molecule has 1 heterocycles. The number of hydrogen-bond acceptors (Lipinski definition) is 2. The van der Waals surface area contributed by atoms with E-state index in [0.717, 1.165) is 34.4 Å². The first-order chi connectivity index (χ1) is 9.33. The van der Waals surface area contributed by atoms with Gasteiger partial charge in [0.25, 0.3) is 0 Å². The molecular formula is C15H14BrN3. The van der Waals surface area contributed by atoms with Crippen LogP contribution in [0.25, 0.3) is 11.0 Å². The molecule has 2 N–H and O–H groups in total. The molecule has 0 atom stereocenters. The van der Waals surface area contributed by atoms with E-state index < -0.39 is 0 Å². The molecule has 0 spiro atoms. The first kappa shape index (κ1) is 12.2. The monoisotopic (exact) mass is 315 g/mol. The number of nitrogens with one attached hydrogen (secondary N) is 2. The van der Waals surface area contributed by atoms with Crippen molar-refractivity contribution in [1.29, 1.82) is 0 Å². The lowest BCUT2D eigenvalue weighted by molar-refractivity contribution is 0.994. The van der Waals surface area contributed by atoms with Gasteiger partial charge in [-0.2, -0.15) is 0 Å². The topological polar surface area (TPSA) is 40.7 Å². The molecule has 0 saturated heterocycles. The van der Waals surface area contributed by atoms with Crippen LogP contribution in [0.4, 0.5) is 5.95 Å². The van der Waals surface area contributed by atoms with Crippen molar-refractivity contribution in [2.75, 3.05) is 11.9 Å². The second kappa shape index (κ2) is 5.45. The van der Waals surface area contributed by atoms with Crippen LogP contribution in [0.5, 0.6) is 0 Å². The fraction of sp³-hybridized carbons (Fsp3) is 0.133.